The topological polar surface area (TPSA) is 32.3 Å². The molecule has 0 saturated carbocycles. The van der Waals surface area contributed by atoms with Gasteiger partial charge in [-0.3, -0.25) is 9.69 Å². The molecule has 0 radical (unpaired) electrons. The fraction of sp³-hybridized carbons (Fsp3) is 0.417. The van der Waals surface area contributed by atoms with Crippen molar-refractivity contribution < 1.29 is 9.18 Å². The van der Waals surface area contributed by atoms with Crippen molar-refractivity contribution in [1.29, 1.82) is 0 Å². The monoisotopic (exact) mass is 256 g/mol. The molecule has 1 aromatic carbocycles. The lowest BCUT2D eigenvalue weighted by Crippen LogP contribution is -2.52. The summed E-state index contributed by atoms with van der Waals surface area (Å²) in [6.45, 7) is 1.84. The van der Waals surface area contributed by atoms with E-state index < -0.39 is 0 Å². The first-order valence-corrected chi connectivity index (χ1v) is 5.86. The zero-order valence-corrected chi connectivity index (χ0v) is 10.3. The zero-order chi connectivity index (χ0) is 12.4. The van der Waals surface area contributed by atoms with Crippen LogP contribution in [0.5, 0.6) is 0 Å². The minimum Gasteiger partial charge on any atom is -0.359 e. The number of carbonyl (C=O) groups excluding carboxylic acids is 1. The van der Waals surface area contributed by atoms with E-state index in [1.165, 1.54) is 12.1 Å². The van der Waals surface area contributed by atoms with Crippen LogP contribution in [-0.4, -0.2) is 30.9 Å². The molecule has 0 aromatic heterocycles. The van der Waals surface area contributed by atoms with Crippen molar-refractivity contribution in [2.45, 2.75) is 6.54 Å². The first-order valence-electron chi connectivity index (χ1n) is 5.48. The Morgan fingerprint density at radius 3 is 2.94 bits per heavy atom. The number of halogens is 2. The van der Waals surface area contributed by atoms with Gasteiger partial charge in [-0.15, -0.1) is 0 Å². The van der Waals surface area contributed by atoms with Gasteiger partial charge in [0.25, 0.3) is 0 Å². The van der Waals surface area contributed by atoms with Gasteiger partial charge in [0.1, 0.15) is 5.82 Å². The number of nitrogens with zero attached hydrogens (tertiary/aromatic N) is 1. The van der Waals surface area contributed by atoms with Crippen LogP contribution in [0.2, 0.25) is 5.02 Å². The first kappa shape index (κ1) is 12.3. The second-order valence-electron chi connectivity index (χ2n) is 4.24. The van der Waals surface area contributed by atoms with Crippen molar-refractivity contribution in [3.05, 3.63) is 34.6 Å². The average molecular weight is 257 g/mol. The van der Waals surface area contributed by atoms with Crippen LogP contribution in [-0.2, 0) is 11.3 Å². The summed E-state index contributed by atoms with van der Waals surface area (Å²) in [5.74, 6) is -0.173. The molecule has 0 aliphatic carbocycles. The highest BCUT2D eigenvalue weighted by atomic mass is 35.5. The number of carbonyl (C=O) groups is 1. The molecule has 0 atom stereocenters. The summed E-state index contributed by atoms with van der Waals surface area (Å²) in [7, 11) is 1.63. The fourth-order valence-electron chi connectivity index (χ4n) is 1.97. The van der Waals surface area contributed by atoms with E-state index in [4.69, 9.17) is 11.6 Å². The van der Waals surface area contributed by atoms with E-state index in [-0.39, 0.29) is 17.6 Å². The van der Waals surface area contributed by atoms with Gasteiger partial charge in [-0.1, -0.05) is 11.6 Å². The molecule has 0 spiro atoms. The summed E-state index contributed by atoms with van der Waals surface area (Å²) < 4.78 is 13.4. The van der Waals surface area contributed by atoms with Crippen LogP contribution in [0, 0.1) is 11.7 Å². The minimum atomic E-state index is -0.252. The highest BCUT2D eigenvalue weighted by molar-refractivity contribution is 6.30. The van der Waals surface area contributed by atoms with Gasteiger partial charge in [0.15, 0.2) is 0 Å². The Morgan fingerprint density at radius 2 is 2.29 bits per heavy atom. The average Bonchev–Trinajstić information content (AvgIpc) is 2.26. The van der Waals surface area contributed by atoms with Crippen molar-refractivity contribution >= 4 is 17.5 Å². The van der Waals surface area contributed by atoms with Crippen LogP contribution in [0.25, 0.3) is 0 Å². The number of benzene rings is 1. The quantitative estimate of drug-likeness (QED) is 0.892. The van der Waals surface area contributed by atoms with Gasteiger partial charge in [0.2, 0.25) is 5.91 Å². The predicted molar refractivity (Wildman–Crippen MR) is 64.2 cm³/mol. The second kappa shape index (κ2) is 5.02. The van der Waals surface area contributed by atoms with Crippen LogP contribution >= 0.6 is 11.6 Å². The van der Waals surface area contributed by atoms with Crippen LogP contribution < -0.4 is 5.32 Å². The zero-order valence-electron chi connectivity index (χ0n) is 9.54. The maximum atomic E-state index is 13.4. The summed E-state index contributed by atoms with van der Waals surface area (Å²) >= 11 is 5.81. The van der Waals surface area contributed by atoms with Gasteiger partial charge in [-0.05, 0) is 18.2 Å². The normalized spacial score (nSPS) is 16.6. The number of rotatable bonds is 3. The Balaban J connectivity index is 1.91. The van der Waals surface area contributed by atoms with Crippen molar-refractivity contribution in [2.24, 2.45) is 5.92 Å². The molecule has 1 saturated heterocycles. The molecule has 1 aliphatic heterocycles. The molecule has 1 aliphatic rings. The van der Waals surface area contributed by atoms with E-state index in [0.717, 1.165) is 0 Å². The van der Waals surface area contributed by atoms with E-state index >= 15 is 0 Å². The van der Waals surface area contributed by atoms with E-state index in [9.17, 15) is 9.18 Å². The molecule has 0 bridgehead atoms. The highest BCUT2D eigenvalue weighted by Gasteiger charge is 2.32. The molecular weight excluding hydrogens is 243 g/mol. The minimum absolute atomic E-state index is 0.0299. The molecule has 1 heterocycles. The molecule has 1 fully saturated rings. The Morgan fingerprint density at radius 1 is 1.59 bits per heavy atom. The van der Waals surface area contributed by atoms with E-state index in [1.807, 2.05) is 4.90 Å². The Bertz CT molecular complexity index is 433. The highest BCUT2D eigenvalue weighted by Crippen LogP contribution is 2.22. The number of amides is 1. The Kier molecular flexibility index (Phi) is 3.64. The van der Waals surface area contributed by atoms with Gasteiger partial charge in [-0.2, -0.15) is 0 Å². The molecule has 2 rings (SSSR count). The lowest BCUT2D eigenvalue weighted by Gasteiger charge is -2.38. The molecule has 3 nitrogen and oxygen atoms in total. The summed E-state index contributed by atoms with van der Waals surface area (Å²) in [6.07, 6.45) is 0. The van der Waals surface area contributed by atoms with Crippen LogP contribution in [0.4, 0.5) is 4.39 Å². The van der Waals surface area contributed by atoms with Crippen LogP contribution in [0.3, 0.4) is 0 Å². The second-order valence-corrected chi connectivity index (χ2v) is 4.68. The number of hydrogen-bond acceptors (Lipinski definition) is 2. The van der Waals surface area contributed by atoms with E-state index in [1.54, 1.807) is 13.1 Å². The van der Waals surface area contributed by atoms with Crippen molar-refractivity contribution in [1.82, 2.24) is 10.2 Å². The summed E-state index contributed by atoms with van der Waals surface area (Å²) in [5.41, 5.74) is 0.577. The van der Waals surface area contributed by atoms with Crippen LogP contribution in [0.1, 0.15) is 5.56 Å². The van der Waals surface area contributed by atoms with Crippen LogP contribution in [0.15, 0.2) is 18.2 Å². The fourth-order valence-corrected chi connectivity index (χ4v) is 2.17. The third kappa shape index (κ3) is 2.76. The van der Waals surface area contributed by atoms with Crippen molar-refractivity contribution in [3.8, 4) is 0 Å². The van der Waals surface area contributed by atoms with Crippen molar-refractivity contribution in [3.63, 3.8) is 0 Å². The third-order valence-electron chi connectivity index (χ3n) is 2.98. The number of likely N-dealkylation sites (tertiary alicyclic amines) is 1. The summed E-state index contributed by atoms with van der Waals surface area (Å²) in [5, 5.41) is 3.14. The molecule has 1 amide bonds. The molecule has 1 aromatic rings. The maximum Gasteiger partial charge on any atom is 0.225 e. The smallest absolute Gasteiger partial charge is 0.225 e. The van der Waals surface area contributed by atoms with Crippen molar-refractivity contribution in [2.75, 3.05) is 20.1 Å². The number of hydrogen-bond donors (Lipinski definition) is 1. The summed E-state index contributed by atoms with van der Waals surface area (Å²) in [6, 6.07) is 4.53. The molecule has 17 heavy (non-hydrogen) atoms. The van der Waals surface area contributed by atoms with Gasteiger partial charge in [0.05, 0.1) is 5.92 Å². The SMILES string of the molecule is CNC(=O)C1CN(Cc2cc(Cl)ccc2F)C1. The molecule has 92 valence electrons. The van der Waals surface area contributed by atoms with Gasteiger partial charge in [-0.25, -0.2) is 4.39 Å². The number of nitrogens with one attached hydrogen (secondary N) is 1. The maximum absolute atomic E-state index is 13.4. The molecule has 1 N–H and O–H groups in total. The molecular formula is C12H14ClFN2O. The lowest BCUT2D eigenvalue weighted by atomic mass is 9.98. The van der Waals surface area contributed by atoms with E-state index in [0.29, 0.717) is 30.2 Å². The Hall–Kier alpha value is -1.13. The first-order chi connectivity index (χ1) is 8.10. The predicted octanol–water partition coefficient (Wildman–Crippen LogP) is 1.66. The third-order valence-corrected chi connectivity index (χ3v) is 3.21. The van der Waals surface area contributed by atoms with Gasteiger partial charge >= 0.3 is 0 Å². The lowest BCUT2D eigenvalue weighted by molar-refractivity contribution is -0.129. The summed E-state index contributed by atoms with van der Waals surface area (Å²) in [4.78, 5) is 13.3. The molecule has 5 heteroatoms. The van der Waals surface area contributed by atoms with Gasteiger partial charge in [0, 0.05) is 37.3 Å². The standard InChI is InChI=1S/C12H14ClFN2O/c1-15-12(17)9-6-16(7-9)5-8-4-10(13)2-3-11(8)14/h2-4,9H,5-7H2,1H3,(H,15,17). The van der Waals surface area contributed by atoms with E-state index in [2.05, 4.69) is 5.32 Å². The van der Waals surface area contributed by atoms with Gasteiger partial charge < -0.3 is 5.32 Å². The molecule has 0 unspecified atom stereocenters. The Labute approximate surface area is 105 Å². The largest absolute Gasteiger partial charge is 0.359 e.